The van der Waals surface area contributed by atoms with Crippen LogP contribution in [0.25, 0.3) is 5.76 Å². The zero-order valence-electron chi connectivity index (χ0n) is 14.9. The monoisotopic (exact) mass is 355 g/mol. The SMILES string of the molecule is C[NH+](C)CCCN1C(=O)C(=O)C(=C(O)c2ccccc2)[C@@H]1c1ccco1. The molecule has 2 aromatic rings. The summed E-state index contributed by atoms with van der Waals surface area (Å²) in [4.78, 5) is 28.1. The Hall–Kier alpha value is -2.86. The lowest BCUT2D eigenvalue weighted by molar-refractivity contribution is -0.858. The second-order valence-corrected chi connectivity index (χ2v) is 6.68. The molecule has 2 heterocycles. The summed E-state index contributed by atoms with van der Waals surface area (Å²) >= 11 is 0. The van der Waals surface area contributed by atoms with Crippen LogP contribution in [-0.2, 0) is 9.59 Å². The number of hydrogen-bond donors (Lipinski definition) is 2. The summed E-state index contributed by atoms with van der Waals surface area (Å²) in [6.07, 6.45) is 2.25. The summed E-state index contributed by atoms with van der Waals surface area (Å²) in [7, 11) is 4.07. The molecule has 6 heteroatoms. The van der Waals surface area contributed by atoms with E-state index in [-0.39, 0.29) is 11.3 Å². The van der Waals surface area contributed by atoms with Crippen LogP contribution in [0.5, 0.6) is 0 Å². The van der Waals surface area contributed by atoms with Crippen LogP contribution < -0.4 is 4.90 Å². The van der Waals surface area contributed by atoms with Gasteiger partial charge in [-0.2, -0.15) is 0 Å². The second-order valence-electron chi connectivity index (χ2n) is 6.68. The molecule has 0 spiro atoms. The summed E-state index contributed by atoms with van der Waals surface area (Å²) in [6.45, 7) is 1.29. The third kappa shape index (κ3) is 3.41. The van der Waals surface area contributed by atoms with Crippen molar-refractivity contribution >= 4 is 17.4 Å². The van der Waals surface area contributed by atoms with Crippen molar-refractivity contribution in [2.45, 2.75) is 12.5 Å². The number of carbonyl (C=O) groups excluding carboxylic acids is 2. The maximum absolute atomic E-state index is 12.7. The van der Waals surface area contributed by atoms with E-state index in [1.165, 1.54) is 16.1 Å². The number of carbonyl (C=O) groups is 2. The molecule has 6 nitrogen and oxygen atoms in total. The second kappa shape index (κ2) is 7.58. The molecule has 1 aliphatic heterocycles. The molecule has 1 fully saturated rings. The maximum atomic E-state index is 12.7. The number of amides is 1. The average Bonchev–Trinajstić information content (AvgIpc) is 3.24. The van der Waals surface area contributed by atoms with Crippen LogP contribution in [0.4, 0.5) is 0 Å². The van der Waals surface area contributed by atoms with Crippen LogP contribution >= 0.6 is 0 Å². The van der Waals surface area contributed by atoms with Gasteiger partial charge in [-0.05, 0) is 12.1 Å². The van der Waals surface area contributed by atoms with E-state index in [4.69, 9.17) is 4.42 Å². The molecular formula is C20H23N2O4+. The van der Waals surface area contributed by atoms with Crippen LogP contribution in [0.2, 0.25) is 0 Å². The van der Waals surface area contributed by atoms with Gasteiger partial charge in [-0.15, -0.1) is 0 Å². The minimum Gasteiger partial charge on any atom is -0.507 e. The lowest BCUT2D eigenvalue weighted by Gasteiger charge is -2.23. The number of rotatable bonds is 6. The first-order chi connectivity index (χ1) is 12.5. The van der Waals surface area contributed by atoms with Crippen LogP contribution in [0.15, 0.2) is 58.7 Å². The molecule has 0 unspecified atom stereocenters. The van der Waals surface area contributed by atoms with Gasteiger partial charge in [0.25, 0.3) is 11.7 Å². The Morgan fingerprint density at radius 2 is 1.88 bits per heavy atom. The van der Waals surface area contributed by atoms with Gasteiger partial charge in [-0.1, -0.05) is 30.3 Å². The lowest BCUT2D eigenvalue weighted by Crippen LogP contribution is -3.05. The molecule has 0 saturated carbocycles. The molecule has 0 radical (unpaired) electrons. The Balaban J connectivity index is 2.02. The van der Waals surface area contributed by atoms with E-state index < -0.39 is 17.7 Å². The first-order valence-electron chi connectivity index (χ1n) is 8.67. The van der Waals surface area contributed by atoms with Gasteiger partial charge in [0.05, 0.1) is 32.5 Å². The molecule has 0 aliphatic carbocycles. The summed E-state index contributed by atoms with van der Waals surface area (Å²) in [6, 6.07) is 11.5. The van der Waals surface area contributed by atoms with Crippen molar-refractivity contribution in [3.8, 4) is 0 Å². The van der Waals surface area contributed by atoms with Crippen LogP contribution in [0.1, 0.15) is 23.8 Å². The summed E-state index contributed by atoms with van der Waals surface area (Å²) in [5.41, 5.74) is 0.577. The minimum absolute atomic E-state index is 0.0772. The number of benzene rings is 1. The van der Waals surface area contributed by atoms with E-state index >= 15 is 0 Å². The zero-order chi connectivity index (χ0) is 18.7. The molecule has 1 aromatic carbocycles. The predicted octanol–water partition coefficient (Wildman–Crippen LogP) is 1.24. The van der Waals surface area contributed by atoms with Crippen molar-refractivity contribution in [3.05, 3.63) is 65.6 Å². The van der Waals surface area contributed by atoms with Crippen molar-refractivity contribution in [3.63, 3.8) is 0 Å². The molecule has 1 aromatic heterocycles. The van der Waals surface area contributed by atoms with E-state index in [2.05, 4.69) is 0 Å². The first kappa shape index (κ1) is 17.9. The number of aliphatic hydroxyl groups is 1. The highest BCUT2D eigenvalue weighted by molar-refractivity contribution is 6.46. The Morgan fingerprint density at radius 3 is 2.50 bits per heavy atom. The predicted molar refractivity (Wildman–Crippen MR) is 96.5 cm³/mol. The van der Waals surface area contributed by atoms with Gasteiger partial charge >= 0.3 is 0 Å². The van der Waals surface area contributed by atoms with Gasteiger partial charge in [0.2, 0.25) is 0 Å². The zero-order valence-corrected chi connectivity index (χ0v) is 14.9. The van der Waals surface area contributed by atoms with E-state index in [1.807, 2.05) is 20.2 Å². The maximum Gasteiger partial charge on any atom is 0.295 e. The number of likely N-dealkylation sites (tertiary alicyclic amines) is 1. The van der Waals surface area contributed by atoms with Gasteiger partial charge in [0, 0.05) is 18.5 Å². The third-order valence-electron chi connectivity index (χ3n) is 4.48. The fourth-order valence-corrected chi connectivity index (χ4v) is 3.21. The first-order valence-corrected chi connectivity index (χ1v) is 8.67. The Bertz CT molecular complexity index is 810. The van der Waals surface area contributed by atoms with Crippen LogP contribution in [-0.4, -0.2) is 48.9 Å². The minimum atomic E-state index is -0.706. The highest BCUT2D eigenvalue weighted by Gasteiger charge is 2.47. The molecule has 1 atom stereocenters. The van der Waals surface area contributed by atoms with Gasteiger partial charge in [0.15, 0.2) is 0 Å². The Kier molecular flexibility index (Phi) is 5.23. The van der Waals surface area contributed by atoms with Crippen molar-refractivity contribution in [2.75, 3.05) is 27.2 Å². The van der Waals surface area contributed by atoms with E-state index in [0.717, 1.165) is 13.0 Å². The Labute approximate surface area is 152 Å². The summed E-state index contributed by atoms with van der Waals surface area (Å²) < 4.78 is 5.49. The van der Waals surface area contributed by atoms with Crippen LogP contribution in [0.3, 0.4) is 0 Å². The summed E-state index contributed by atoms with van der Waals surface area (Å²) in [5.74, 6) is -0.979. The van der Waals surface area contributed by atoms with Crippen LogP contribution in [0, 0.1) is 0 Å². The van der Waals surface area contributed by atoms with Crippen molar-refractivity contribution in [2.24, 2.45) is 0 Å². The molecule has 2 N–H and O–H groups in total. The average molecular weight is 355 g/mol. The highest BCUT2D eigenvalue weighted by atomic mass is 16.3. The number of aliphatic hydroxyl groups excluding tert-OH is 1. The Morgan fingerprint density at radius 1 is 1.15 bits per heavy atom. The van der Waals surface area contributed by atoms with E-state index in [9.17, 15) is 14.7 Å². The lowest BCUT2D eigenvalue weighted by atomic mass is 9.99. The number of quaternary nitrogens is 1. The molecule has 1 aliphatic rings. The molecule has 136 valence electrons. The van der Waals surface area contributed by atoms with Gasteiger partial charge in [-0.25, -0.2) is 0 Å². The molecule has 0 bridgehead atoms. The van der Waals surface area contributed by atoms with Gasteiger partial charge in [0.1, 0.15) is 17.6 Å². The number of nitrogens with one attached hydrogen (secondary N) is 1. The van der Waals surface area contributed by atoms with Gasteiger partial charge in [-0.3, -0.25) is 9.59 Å². The van der Waals surface area contributed by atoms with Crippen molar-refractivity contribution in [1.29, 1.82) is 0 Å². The topological polar surface area (TPSA) is 75.2 Å². The quantitative estimate of drug-likeness (QED) is 0.464. The summed E-state index contributed by atoms with van der Waals surface area (Å²) in [5, 5.41) is 10.7. The third-order valence-corrected chi connectivity index (χ3v) is 4.48. The number of ketones is 1. The van der Waals surface area contributed by atoms with E-state index in [1.54, 1.807) is 36.4 Å². The molecule has 26 heavy (non-hydrogen) atoms. The fraction of sp³-hybridized carbons (Fsp3) is 0.300. The standard InChI is InChI=1S/C20H22N2O4/c1-21(2)11-7-12-22-17(15-10-6-13-26-15)16(19(24)20(22)25)18(23)14-8-4-3-5-9-14/h3-6,8-10,13,17,23H,7,11-12H2,1-2H3/p+1/t17-/m0/s1. The number of Topliss-reactive ketones (excluding diaryl/α,β-unsaturated/α-hetero) is 1. The normalized spacial score (nSPS) is 19.5. The van der Waals surface area contributed by atoms with Gasteiger partial charge < -0.3 is 19.3 Å². The van der Waals surface area contributed by atoms with E-state index in [0.29, 0.717) is 17.9 Å². The number of nitrogens with zero attached hydrogens (tertiary/aromatic N) is 1. The molecule has 1 saturated heterocycles. The molecular weight excluding hydrogens is 332 g/mol. The van der Waals surface area contributed by atoms with Crippen molar-refractivity contribution in [1.82, 2.24) is 4.90 Å². The molecule has 3 rings (SSSR count). The fourth-order valence-electron chi connectivity index (χ4n) is 3.21. The number of hydrogen-bond acceptors (Lipinski definition) is 4. The smallest absolute Gasteiger partial charge is 0.295 e. The molecule has 1 amide bonds. The van der Waals surface area contributed by atoms with Crippen molar-refractivity contribution < 1.29 is 24.0 Å². The largest absolute Gasteiger partial charge is 0.507 e. The number of furan rings is 1. The highest BCUT2D eigenvalue weighted by Crippen LogP contribution is 2.39.